The number of nitrogens with zero attached hydrogens (tertiary/aromatic N) is 2. The molecule has 1 aliphatic rings. The van der Waals surface area contributed by atoms with Crippen molar-refractivity contribution in [3.63, 3.8) is 0 Å². The van der Waals surface area contributed by atoms with E-state index in [4.69, 9.17) is 0 Å². The fourth-order valence-corrected chi connectivity index (χ4v) is 3.40. The molecule has 0 aromatic carbocycles. The maximum atomic E-state index is 10.7. The lowest BCUT2D eigenvalue weighted by Crippen LogP contribution is -2.35. The second kappa shape index (κ2) is 6.52. The van der Waals surface area contributed by atoms with Crippen molar-refractivity contribution < 1.29 is 4.92 Å². The van der Waals surface area contributed by atoms with Gasteiger partial charge in [0.25, 0.3) is 5.69 Å². The van der Waals surface area contributed by atoms with Crippen LogP contribution in [0.25, 0.3) is 0 Å². The van der Waals surface area contributed by atoms with E-state index in [1.165, 1.54) is 31.5 Å². The molecule has 0 spiro atoms. The number of aromatic nitrogens is 1. The predicted molar refractivity (Wildman–Crippen MR) is 82.8 cm³/mol. The van der Waals surface area contributed by atoms with E-state index >= 15 is 0 Å². The Morgan fingerprint density at radius 2 is 2.15 bits per heavy atom. The zero-order valence-electron chi connectivity index (χ0n) is 11.8. The van der Waals surface area contributed by atoms with Crippen LogP contribution in [0.4, 0.5) is 11.5 Å². The molecule has 110 valence electrons. The molecule has 0 aliphatic heterocycles. The molecule has 5 nitrogen and oxygen atoms in total. The summed E-state index contributed by atoms with van der Waals surface area (Å²) in [5.74, 6) is 1.96. The number of nitro groups is 1. The van der Waals surface area contributed by atoms with Gasteiger partial charge in [-0.3, -0.25) is 10.1 Å². The van der Waals surface area contributed by atoms with E-state index < -0.39 is 4.92 Å². The molecular weight excluding hydrogens is 322 g/mol. The van der Waals surface area contributed by atoms with E-state index in [1.54, 1.807) is 0 Å². The SMILES string of the molecule is CC(C)C1CCCCC1Nc1ncc([N+](=O)[O-])cc1Br. The van der Waals surface area contributed by atoms with Crippen molar-refractivity contribution in [2.45, 2.75) is 45.6 Å². The number of halogens is 1. The highest BCUT2D eigenvalue weighted by molar-refractivity contribution is 9.10. The van der Waals surface area contributed by atoms with E-state index in [0.29, 0.717) is 28.2 Å². The first-order valence-corrected chi connectivity index (χ1v) is 7.85. The van der Waals surface area contributed by atoms with Gasteiger partial charge >= 0.3 is 0 Å². The first kappa shape index (κ1) is 15.2. The molecule has 2 atom stereocenters. The Labute approximate surface area is 127 Å². The summed E-state index contributed by atoms with van der Waals surface area (Å²) < 4.78 is 0.653. The van der Waals surface area contributed by atoms with Gasteiger partial charge in [-0.05, 0) is 40.6 Å². The fourth-order valence-electron chi connectivity index (χ4n) is 2.95. The predicted octanol–water partition coefficient (Wildman–Crippen LogP) is 4.38. The lowest BCUT2D eigenvalue weighted by Gasteiger charge is -2.35. The molecule has 2 unspecified atom stereocenters. The van der Waals surface area contributed by atoms with Gasteiger partial charge in [0.1, 0.15) is 12.0 Å². The first-order chi connectivity index (χ1) is 9.49. The quantitative estimate of drug-likeness (QED) is 0.651. The van der Waals surface area contributed by atoms with Crippen LogP contribution in [-0.2, 0) is 0 Å². The molecule has 1 aliphatic carbocycles. The Hall–Kier alpha value is -1.17. The summed E-state index contributed by atoms with van der Waals surface area (Å²) in [6, 6.07) is 1.90. The van der Waals surface area contributed by atoms with Crippen molar-refractivity contribution >= 4 is 27.4 Å². The van der Waals surface area contributed by atoms with Gasteiger partial charge < -0.3 is 5.32 Å². The third-order valence-electron chi connectivity index (χ3n) is 4.04. The molecule has 2 rings (SSSR count). The average molecular weight is 342 g/mol. The highest BCUT2D eigenvalue weighted by Gasteiger charge is 2.28. The number of hydrogen-bond donors (Lipinski definition) is 1. The molecule has 1 saturated carbocycles. The van der Waals surface area contributed by atoms with Crippen molar-refractivity contribution in [3.8, 4) is 0 Å². The molecule has 20 heavy (non-hydrogen) atoms. The Morgan fingerprint density at radius 1 is 1.45 bits per heavy atom. The average Bonchev–Trinajstić information content (AvgIpc) is 2.41. The molecule has 1 N–H and O–H groups in total. The number of anilines is 1. The van der Waals surface area contributed by atoms with Crippen LogP contribution in [0, 0.1) is 22.0 Å². The second-order valence-electron chi connectivity index (χ2n) is 5.72. The van der Waals surface area contributed by atoms with Gasteiger partial charge in [0.2, 0.25) is 0 Å². The number of hydrogen-bond acceptors (Lipinski definition) is 4. The summed E-state index contributed by atoms with van der Waals surface area (Å²) in [5, 5.41) is 14.2. The Bertz CT molecular complexity index is 493. The largest absolute Gasteiger partial charge is 0.366 e. The summed E-state index contributed by atoms with van der Waals surface area (Å²) in [5.41, 5.74) is 0.00600. The maximum absolute atomic E-state index is 10.7. The van der Waals surface area contributed by atoms with Gasteiger partial charge in [0.05, 0.1) is 9.40 Å². The summed E-state index contributed by atoms with van der Waals surface area (Å²) in [6.45, 7) is 4.51. The minimum atomic E-state index is -0.431. The van der Waals surface area contributed by atoms with Crippen molar-refractivity contribution in [3.05, 3.63) is 26.9 Å². The topological polar surface area (TPSA) is 68.1 Å². The molecule has 6 heteroatoms. The van der Waals surface area contributed by atoms with Crippen LogP contribution >= 0.6 is 15.9 Å². The van der Waals surface area contributed by atoms with Crippen molar-refractivity contribution in [2.24, 2.45) is 11.8 Å². The van der Waals surface area contributed by atoms with Crippen molar-refractivity contribution in [2.75, 3.05) is 5.32 Å². The molecule has 0 saturated heterocycles. The standard InChI is InChI=1S/C14H20BrN3O2/c1-9(2)11-5-3-4-6-13(11)17-14-12(15)7-10(8-16-14)18(19)20/h7-9,11,13H,3-6H2,1-2H3,(H,16,17). The molecule has 1 heterocycles. The highest BCUT2D eigenvalue weighted by Crippen LogP contribution is 2.34. The second-order valence-corrected chi connectivity index (χ2v) is 6.58. The van der Waals surface area contributed by atoms with E-state index in [-0.39, 0.29) is 5.69 Å². The fraction of sp³-hybridized carbons (Fsp3) is 0.643. The van der Waals surface area contributed by atoms with Crippen LogP contribution < -0.4 is 5.32 Å². The van der Waals surface area contributed by atoms with Gasteiger partial charge in [-0.15, -0.1) is 0 Å². The Kier molecular flexibility index (Phi) is 4.96. The van der Waals surface area contributed by atoms with E-state index in [2.05, 4.69) is 40.1 Å². The van der Waals surface area contributed by atoms with E-state index in [1.807, 2.05) is 0 Å². The van der Waals surface area contributed by atoms with Crippen LogP contribution in [-0.4, -0.2) is 15.9 Å². The van der Waals surface area contributed by atoms with Crippen LogP contribution in [0.3, 0.4) is 0 Å². The Morgan fingerprint density at radius 3 is 2.75 bits per heavy atom. The van der Waals surface area contributed by atoms with Crippen molar-refractivity contribution in [1.82, 2.24) is 4.98 Å². The highest BCUT2D eigenvalue weighted by atomic mass is 79.9. The zero-order valence-corrected chi connectivity index (χ0v) is 13.4. The number of pyridine rings is 1. The third-order valence-corrected chi connectivity index (χ3v) is 4.64. The number of rotatable bonds is 4. The van der Waals surface area contributed by atoms with E-state index in [9.17, 15) is 10.1 Å². The first-order valence-electron chi connectivity index (χ1n) is 7.05. The summed E-state index contributed by atoms with van der Waals surface area (Å²) in [4.78, 5) is 14.5. The molecule has 0 bridgehead atoms. The summed E-state index contributed by atoms with van der Waals surface area (Å²) in [6.07, 6.45) is 6.19. The van der Waals surface area contributed by atoms with E-state index in [0.717, 1.165) is 6.42 Å². The summed E-state index contributed by atoms with van der Waals surface area (Å²) >= 11 is 3.37. The van der Waals surface area contributed by atoms with Gasteiger partial charge in [-0.2, -0.15) is 0 Å². The zero-order chi connectivity index (χ0) is 14.7. The molecule has 1 fully saturated rings. The monoisotopic (exact) mass is 341 g/mol. The van der Waals surface area contributed by atoms with Crippen molar-refractivity contribution in [1.29, 1.82) is 0 Å². The van der Waals surface area contributed by atoms with Gasteiger partial charge in [0.15, 0.2) is 0 Å². The maximum Gasteiger partial charge on any atom is 0.288 e. The lowest BCUT2D eigenvalue weighted by molar-refractivity contribution is -0.385. The smallest absolute Gasteiger partial charge is 0.288 e. The van der Waals surface area contributed by atoms with Crippen LogP contribution in [0.1, 0.15) is 39.5 Å². The third kappa shape index (κ3) is 3.48. The molecule has 1 aromatic heterocycles. The normalized spacial score (nSPS) is 22.8. The van der Waals surface area contributed by atoms with Gasteiger partial charge in [-0.25, -0.2) is 4.98 Å². The minimum Gasteiger partial charge on any atom is -0.366 e. The minimum absolute atomic E-state index is 0.00600. The number of nitrogens with one attached hydrogen (secondary N) is 1. The van der Waals surface area contributed by atoms with Crippen LogP contribution in [0.2, 0.25) is 0 Å². The lowest BCUT2D eigenvalue weighted by atomic mass is 9.78. The van der Waals surface area contributed by atoms with Gasteiger partial charge in [-0.1, -0.05) is 26.7 Å². The molecule has 0 amide bonds. The molecule has 0 radical (unpaired) electrons. The molecular formula is C14H20BrN3O2. The van der Waals surface area contributed by atoms with Crippen LogP contribution in [0.5, 0.6) is 0 Å². The summed E-state index contributed by atoms with van der Waals surface area (Å²) in [7, 11) is 0. The Balaban J connectivity index is 2.14. The molecule has 1 aromatic rings. The van der Waals surface area contributed by atoms with Gasteiger partial charge in [0, 0.05) is 12.1 Å². The van der Waals surface area contributed by atoms with Crippen LogP contribution in [0.15, 0.2) is 16.7 Å².